The Bertz CT molecular complexity index is 741. The van der Waals surface area contributed by atoms with Gasteiger partial charge in [0.1, 0.15) is 5.01 Å². The Morgan fingerprint density at radius 2 is 1.88 bits per heavy atom. The molecule has 2 aromatic rings. The number of hydrogen-bond acceptors (Lipinski definition) is 4. The Morgan fingerprint density at radius 3 is 2.32 bits per heavy atom. The Kier molecular flexibility index (Phi) is 5.53. The first kappa shape index (κ1) is 19.4. The quantitative estimate of drug-likeness (QED) is 0.820. The van der Waals surface area contributed by atoms with Crippen molar-refractivity contribution in [3.8, 4) is 0 Å². The molecule has 1 aromatic heterocycles. The summed E-state index contributed by atoms with van der Waals surface area (Å²) in [5.41, 5.74) is -1.54. The molecule has 0 spiro atoms. The molecule has 2 N–H and O–H groups in total. The minimum Gasteiger partial charge on any atom is -0.374 e. The molecule has 1 aromatic carbocycles. The average molecular weight is 372 g/mol. The molecule has 0 radical (unpaired) electrons. The lowest BCUT2D eigenvalue weighted by molar-refractivity contribution is -0.266. The lowest BCUT2D eigenvalue weighted by Gasteiger charge is -2.27. The van der Waals surface area contributed by atoms with Crippen molar-refractivity contribution in [3.05, 3.63) is 45.9 Å². The van der Waals surface area contributed by atoms with E-state index in [0.717, 1.165) is 5.56 Å². The van der Waals surface area contributed by atoms with Crippen LogP contribution in [0.4, 0.5) is 18.9 Å². The summed E-state index contributed by atoms with van der Waals surface area (Å²) < 4.78 is 40.1. The molecule has 25 heavy (non-hydrogen) atoms. The van der Waals surface area contributed by atoms with Crippen LogP contribution in [0.15, 0.2) is 29.6 Å². The van der Waals surface area contributed by atoms with Gasteiger partial charge in [-0.15, -0.1) is 11.3 Å². The molecule has 1 unspecified atom stereocenters. The Hall–Kier alpha value is -1.93. The summed E-state index contributed by atoms with van der Waals surface area (Å²) in [6, 6.07) is 6.82. The van der Waals surface area contributed by atoms with Gasteiger partial charge in [0.2, 0.25) is 11.5 Å². The van der Waals surface area contributed by atoms with E-state index in [2.05, 4.69) is 10.3 Å². The van der Waals surface area contributed by atoms with Crippen molar-refractivity contribution >= 4 is 22.9 Å². The second kappa shape index (κ2) is 7.13. The molecule has 2 rings (SSSR count). The van der Waals surface area contributed by atoms with Crippen molar-refractivity contribution in [1.82, 2.24) is 4.98 Å². The number of aromatic nitrogens is 1. The largest absolute Gasteiger partial charge is 0.424 e. The van der Waals surface area contributed by atoms with Crippen LogP contribution < -0.4 is 5.32 Å². The van der Waals surface area contributed by atoms with Gasteiger partial charge in [-0.3, -0.25) is 4.79 Å². The van der Waals surface area contributed by atoms with Gasteiger partial charge >= 0.3 is 6.18 Å². The van der Waals surface area contributed by atoms with Gasteiger partial charge in [0, 0.05) is 16.8 Å². The summed E-state index contributed by atoms with van der Waals surface area (Å²) >= 11 is 0.676. The fourth-order valence-corrected chi connectivity index (χ4v) is 3.14. The standard InChI is InChI=1S/C17H19F3N2O2S/c1-10(2)12-4-6-13(7-5-12)22-14(23)8-16(24,17(18,19)20)15-21-11(3)9-25-15/h4-7,9-10,24H,8H2,1-3H3,(H,22,23). The van der Waals surface area contributed by atoms with Crippen molar-refractivity contribution in [2.45, 2.75) is 44.9 Å². The molecule has 1 amide bonds. The van der Waals surface area contributed by atoms with Gasteiger partial charge in [0.25, 0.3) is 0 Å². The number of anilines is 1. The Morgan fingerprint density at radius 1 is 1.28 bits per heavy atom. The van der Waals surface area contributed by atoms with E-state index in [1.165, 1.54) is 12.3 Å². The van der Waals surface area contributed by atoms with Gasteiger partial charge in [-0.25, -0.2) is 4.98 Å². The number of halogens is 3. The molecule has 1 atom stereocenters. The van der Waals surface area contributed by atoms with Gasteiger partial charge in [-0.2, -0.15) is 13.2 Å². The lowest BCUT2D eigenvalue weighted by Crippen LogP contribution is -2.45. The second-order valence-electron chi connectivity index (χ2n) is 6.15. The molecule has 0 saturated heterocycles. The van der Waals surface area contributed by atoms with Crippen LogP contribution in [0.25, 0.3) is 0 Å². The van der Waals surface area contributed by atoms with Crippen molar-refractivity contribution in [2.24, 2.45) is 0 Å². The van der Waals surface area contributed by atoms with E-state index in [1.807, 2.05) is 13.8 Å². The fourth-order valence-electron chi connectivity index (χ4n) is 2.23. The molecular formula is C17H19F3N2O2S. The molecular weight excluding hydrogens is 353 g/mol. The van der Waals surface area contributed by atoms with Gasteiger partial charge in [-0.05, 0) is 30.5 Å². The number of nitrogens with zero attached hydrogens (tertiary/aromatic N) is 1. The summed E-state index contributed by atoms with van der Waals surface area (Å²) in [7, 11) is 0. The SMILES string of the molecule is Cc1csc(C(O)(CC(=O)Nc2ccc(C(C)C)cc2)C(F)(F)F)n1. The third-order valence-corrected chi connectivity index (χ3v) is 4.83. The number of carbonyl (C=O) groups is 1. The summed E-state index contributed by atoms with van der Waals surface area (Å²) in [5, 5.41) is 13.4. The van der Waals surface area contributed by atoms with E-state index in [-0.39, 0.29) is 0 Å². The van der Waals surface area contributed by atoms with Gasteiger partial charge in [0.05, 0.1) is 6.42 Å². The summed E-state index contributed by atoms with van der Waals surface area (Å²) in [4.78, 5) is 15.8. The number of amides is 1. The van der Waals surface area contributed by atoms with Crippen molar-refractivity contribution in [2.75, 3.05) is 5.32 Å². The molecule has 4 nitrogen and oxygen atoms in total. The molecule has 136 valence electrons. The lowest BCUT2D eigenvalue weighted by atomic mass is 9.99. The fraction of sp³-hybridized carbons (Fsp3) is 0.412. The molecule has 0 fully saturated rings. The highest BCUT2D eigenvalue weighted by molar-refractivity contribution is 7.09. The van der Waals surface area contributed by atoms with E-state index in [1.54, 1.807) is 24.3 Å². The summed E-state index contributed by atoms with van der Waals surface area (Å²) in [6.07, 6.45) is -6.18. The molecule has 0 aliphatic heterocycles. The van der Waals surface area contributed by atoms with Crippen molar-refractivity contribution in [1.29, 1.82) is 0 Å². The number of aliphatic hydroxyl groups is 1. The zero-order valence-electron chi connectivity index (χ0n) is 14.0. The molecule has 0 bridgehead atoms. The Labute approximate surface area is 147 Å². The number of rotatable bonds is 5. The van der Waals surface area contributed by atoms with E-state index in [4.69, 9.17) is 0 Å². The normalized spacial score (nSPS) is 14.4. The summed E-state index contributed by atoms with van der Waals surface area (Å²) in [5.74, 6) is -0.641. The monoisotopic (exact) mass is 372 g/mol. The first-order chi connectivity index (χ1) is 11.5. The number of aryl methyl sites for hydroxylation is 1. The first-order valence-electron chi connectivity index (χ1n) is 7.64. The molecule has 0 saturated carbocycles. The van der Waals surface area contributed by atoms with Crippen LogP contribution >= 0.6 is 11.3 Å². The number of benzene rings is 1. The highest BCUT2D eigenvalue weighted by atomic mass is 32.1. The minimum absolute atomic E-state index is 0.299. The van der Waals surface area contributed by atoms with E-state index < -0.39 is 29.1 Å². The smallest absolute Gasteiger partial charge is 0.374 e. The number of hydrogen-bond donors (Lipinski definition) is 2. The molecule has 0 aliphatic rings. The maximum absolute atomic E-state index is 13.4. The predicted octanol–water partition coefficient (Wildman–Crippen LogP) is 4.35. The minimum atomic E-state index is -5.02. The zero-order valence-corrected chi connectivity index (χ0v) is 14.8. The van der Waals surface area contributed by atoms with Crippen LogP contribution in [-0.2, 0) is 10.4 Å². The van der Waals surface area contributed by atoms with Crippen LogP contribution in [0, 0.1) is 6.92 Å². The van der Waals surface area contributed by atoms with E-state index in [9.17, 15) is 23.1 Å². The van der Waals surface area contributed by atoms with Crippen LogP contribution in [-0.4, -0.2) is 22.2 Å². The van der Waals surface area contributed by atoms with Gasteiger partial charge in [-0.1, -0.05) is 26.0 Å². The number of thiazole rings is 1. The van der Waals surface area contributed by atoms with E-state index in [0.29, 0.717) is 28.6 Å². The second-order valence-corrected chi connectivity index (χ2v) is 7.01. The zero-order chi connectivity index (χ0) is 18.8. The third-order valence-electron chi connectivity index (χ3n) is 3.72. The van der Waals surface area contributed by atoms with E-state index >= 15 is 0 Å². The maximum Gasteiger partial charge on any atom is 0.424 e. The van der Waals surface area contributed by atoms with Gasteiger partial charge in [0.15, 0.2) is 0 Å². The van der Waals surface area contributed by atoms with Crippen LogP contribution in [0.2, 0.25) is 0 Å². The Balaban J connectivity index is 2.17. The average Bonchev–Trinajstić information content (AvgIpc) is 2.93. The number of alkyl halides is 3. The highest BCUT2D eigenvalue weighted by Gasteiger charge is 2.58. The molecule has 8 heteroatoms. The number of nitrogens with one attached hydrogen (secondary N) is 1. The predicted molar refractivity (Wildman–Crippen MR) is 90.6 cm³/mol. The van der Waals surface area contributed by atoms with Crippen molar-refractivity contribution in [3.63, 3.8) is 0 Å². The topological polar surface area (TPSA) is 62.2 Å². The number of carbonyl (C=O) groups excluding carboxylic acids is 1. The van der Waals surface area contributed by atoms with Gasteiger partial charge < -0.3 is 10.4 Å². The highest BCUT2D eigenvalue weighted by Crippen LogP contribution is 2.43. The molecule has 0 aliphatic carbocycles. The van der Waals surface area contributed by atoms with Crippen LogP contribution in [0.5, 0.6) is 0 Å². The van der Waals surface area contributed by atoms with Crippen molar-refractivity contribution < 1.29 is 23.1 Å². The summed E-state index contributed by atoms with van der Waals surface area (Å²) in [6.45, 7) is 5.53. The van der Waals surface area contributed by atoms with Crippen LogP contribution in [0.3, 0.4) is 0 Å². The molecule has 1 heterocycles. The maximum atomic E-state index is 13.4. The third kappa shape index (κ3) is 4.38. The van der Waals surface area contributed by atoms with Crippen LogP contribution in [0.1, 0.15) is 42.5 Å². The first-order valence-corrected chi connectivity index (χ1v) is 8.52.